The number of aliphatic hydroxyl groups excluding tert-OH is 1. The Hall–Kier alpha value is -2.86. The van der Waals surface area contributed by atoms with Crippen LogP contribution >= 0.6 is 0 Å². The van der Waals surface area contributed by atoms with Crippen LogP contribution in [-0.2, 0) is 16.8 Å². The fourth-order valence-electron chi connectivity index (χ4n) is 4.51. The fourth-order valence-corrected chi connectivity index (χ4v) is 4.51. The van der Waals surface area contributed by atoms with Crippen molar-refractivity contribution < 1.29 is 19.4 Å². The average molecular weight is 411 g/mol. The van der Waals surface area contributed by atoms with E-state index in [2.05, 4.69) is 25.3 Å². The molecule has 3 rings (SSSR count). The minimum atomic E-state index is -0.676. The van der Waals surface area contributed by atoms with Gasteiger partial charge in [0.05, 0.1) is 6.04 Å². The third kappa shape index (κ3) is 4.33. The summed E-state index contributed by atoms with van der Waals surface area (Å²) in [6, 6.07) is 13.0. The van der Waals surface area contributed by atoms with Crippen molar-refractivity contribution in [1.29, 1.82) is 0 Å². The molecule has 160 valence electrons. The van der Waals surface area contributed by atoms with Gasteiger partial charge in [0.25, 0.3) is 5.91 Å². The van der Waals surface area contributed by atoms with Gasteiger partial charge in [0.2, 0.25) is 0 Å². The lowest BCUT2D eigenvalue weighted by molar-refractivity contribution is 0.0268. The maximum atomic E-state index is 13.4. The highest BCUT2D eigenvalue weighted by atomic mass is 16.6. The van der Waals surface area contributed by atoms with E-state index in [-0.39, 0.29) is 25.2 Å². The van der Waals surface area contributed by atoms with E-state index in [1.165, 1.54) is 5.01 Å². The summed E-state index contributed by atoms with van der Waals surface area (Å²) in [6.07, 6.45) is 0.407. The standard InChI is InChI=1S/C24H30N2O4/c1-16-13-17(2)21-19(14-16)22(28)26(20(11-8-12-27)24(21,3)4)25-23(29)30-15-18-9-6-5-7-10-18/h5-7,9-10,13-14,20,27H,8,11-12,15H2,1-4H3,(H,25,29)/t20-/m0/s1. The second-order valence-corrected chi connectivity index (χ2v) is 8.46. The number of fused-ring (bicyclic) bond motifs is 1. The molecule has 0 aromatic heterocycles. The second-order valence-electron chi connectivity index (χ2n) is 8.46. The van der Waals surface area contributed by atoms with Gasteiger partial charge in [0.1, 0.15) is 6.61 Å². The Morgan fingerprint density at radius 1 is 1.20 bits per heavy atom. The number of hydrogen-bond acceptors (Lipinski definition) is 4. The van der Waals surface area contributed by atoms with Crippen LogP contribution in [0.3, 0.4) is 0 Å². The molecule has 0 fully saturated rings. The molecule has 1 aliphatic rings. The van der Waals surface area contributed by atoms with Crippen molar-refractivity contribution in [1.82, 2.24) is 10.4 Å². The molecule has 1 aliphatic heterocycles. The Labute approximate surface area is 177 Å². The van der Waals surface area contributed by atoms with E-state index in [1.807, 2.05) is 50.2 Å². The molecule has 2 amide bonds. The lowest BCUT2D eigenvalue weighted by Gasteiger charge is -2.47. The van der Waals surface area contributed by atoms with E-state index in [0.717, 1.165) is 22.3 Å². The molecule has 2 N–H and O–H groups in total. The smallest absolute Gasteiger partial charge is 0.426 e. The van der Waals surface area contributed by atoms with Crippen LogP contribution in [0.4, 0.5) is 4.79 Å². The van der Waals surface area contributed by atoms with E-state index in [9.17, 15) is 14.7 Å². The summed E-state index contributed by atoms with van der Waals surface area (Å²) in [4.78, 5) is 25.9. The lowest BCUT2D eigenvalue weighted by Crippen LogP contribution is -2.61. The van der Waals surface area contributed by atoms with Crippen molar-refractivity contribution in [2.45, 2.75) is 58.6 Å². The average Bonchev–Trinajstić information content (AvgIpc) is 2.70. The first-order chi connectivity index (χ1) is 14.3. The van der Waals surface area contributed by atoms with E-state index in [0.29, 0.717) is 18.4 Å². The van der Waals surface area contributed by atoms with Crippen LogP contribution in [0.25, 0.3) is 0 Å². The molecule has 6 heteroatoms. The van der Waals surface area contributed by atoms with Crippen LogP contribution < -0.4 is 5.43 Å². The number of ether oxygens (including phenoxy) is 1. The van der Waals surface area contributed by atoms with Crippen molar-refractivity contribution in [2.75, 3.05) is 6.61 Å². The zero-order chi connectivity index (χ0) is 21.9. The minimum Gasteiger partial charge on any atom is -0.443 e. The van der Waals surface area contributed by atoms with E-state index < -0.39 is 11.5 Å². The van der Waals surface area contributed by atoms with Crippen LogP contribution in [-0.4, -0.2) is 34.8 Å². The van der Waals surface area contributed by atoms with Gasteiger partial charge < -0.3 is 9.84 Å². The number of aryl methyl sites for hydroxylation is 2. The van der Waals surface area contributed by atoms with Gasteiger partial charge in [-0.1, -0.05) is 55.8 Å². The first kappa shape index (κ1) is 21.8. The number of hydrazine groups is 1. The number of carbonyl (C=O) groups is 2. The number of nitrogens with zero attached hydrogens (tertiary/aromatic N) is 1. The molecule has 0 aliphatic carbocycles. The molecule has 0 unspecified atom stereocenters. The summed E-state index contributed by atoms with van der Waals surface area (Å²) < 4.78 is 5.34. The summed E-state index contributed by atoms with van der Waals surface area (Å²) in [5.41, 5.74) is 6.78. The molecule has 1 atom stereocenters. The monoisotopic (exact) mass is 410 g/mol. The van der Waals surface area contributed by atoms with E-state index >= 15 is 0 Å². The van der Waals surface area contributed by atoms with Crippen molar-refractivity contribution in [2.24, 2.45) is 0 Å². The minimum absolute atomic E-state index is 0.0206. The molecular formula is C24H30N2O4. The first-order valence-corrected chi connectivity index (χ1v) is 10.3. The predicted molar refractivity (Wildman–Crippen MR) is 115 cm³/mol. The summed E-state index contributed by atoms with van der Waals surface area (Å²) in [7, 11) is 0. The van der Waals surface area contributed by atoms with Crippen molar-refractivity contribution >= 4 is 12.0 Å². The highest BCUT2D eigenvalue weighted by Gasteiger charge is 2.46. The maximum absolute atomic E-state index is 13.4. The second kappa shape index (κ2) is 8.88. The lowest BCUT2D eigenvalue weighted by atomic mass is 9.69. The quantitative estimate of drug-likeness (QED) is 0.754. The van der Waals surface area contributed by atoms with Gasteiger partial charge in [-0.25, -0.2) is 15.2 Å². The molecule has 6 nitrogen and oxygen atoms in total. The SMILES string of the molecule is Cc1cc(C)c2c(c1)C(=O)N(NC(=O)OCc1ccccc1)[C@@H](CCCO)C2(C)C. The van der Waals surface area contributed by atoms with Gasteiger partial charge in [-0.3, -0.25) is 4.79 Å². The zero-order valence-electron chi connectivity index (χ0n) is 18.1. The summed E-state index contributed by atoms with van der Waals surface area (Å²) in [5.74, 6) is -0.254. The van der Waals surface area contributed by atoms with Crippen LogP contribution in [0.2, 0.25) is 0 Å². The van der Waals surface area contributed by atoms with Crippen LogP contribution in [0.1, 0.15) is 59.3 Å². The van der Waals surface area contributed by atoms with Gasteiger partial charge in [-0.05, 0) is 49.4 Å². The maximum Gasteiger partial charge on any atom is 0.426 e. The topological polar surface area (TPSA) is 78.9 Å². The highest BCUT2D eigenvalue weighted by Crippen LogP contribution is 2.41. The largest absolute Gasteiger partial charge is 0.443 e. The van der Waals surface area contributed by atoms with Crippen LogP contribution in [0.5, 0.6) is 0 Å². The number of amides is 2. The third-order valence-electron chi connectivity index (χ3n) is 5.78. The van der Waals surface area contributed by atoms with Gasteiger partial charge in [-0.2, -0.15) is 0 Å². The molecule has 0 saturated heterocycles. The van der Waals surface area contributed by atoms with E-state index in [1.54, 1.807) is 0 Å². The number of carbonyl (C=O) groups excluding carboxylic acids is 2. The first-order valence-electron chi connectivity index (χ1n) is 10.3. The van der Waals surface area contributed by atoms with Crippen molar-refractivity contribution in [3.8, 4) is 0 Å². The normalized spacial score (nSPS) is 17.4. The molecule has 2 aromatic rings. The molecule has 0 radical (unpaired) electrons. The van der Waals surface area contributed by atoms with Gasteiger partial charge in [-0.15, -0.1) is 0 Å². The summed E-state index contributed by atoms with van der Waals surface area (Å²) in [6.45, 7) is 8.26. The number of aliphatic hydroxyl groups is 1. The van der Waals surface area contributed by atoms with Gasteiger partial charge in [0, 0.05) is 17.6 Å². The molecule has 0 saturated carbocycles. The zero-order valence-corrected chi connectivity index (χ0v) is 18.1. The van der Waals surface area contributed by atoms with Gasteiger partial charge >= 0.3 is 6.09 Å². The summed E-state index contributed by atoms with van der Waals surface area (Å²) in [5, 5.41) is 10.8. The molecule has 2 aromatic carbocycles. The van der Waals surface area contributed by atoms with Crippen LogP contribution in [0.15, 0.2) is 42.5 Å². The number of rotatable bonds is 6. The number of nitrogens with one attached hydrogen (secondary N) is 1. The number of benzene rings is 2. The molecular weight excluding hydrogens is 380 g/mol. The van der Waals surface area contributed by atoms with Crippen LogP contribution in [0, 0.1) is 13.8 Å². The Kier molecular flexibility index (Phi) is 6.46. The molecule has 1 heterocycles. The Balaban J connectivity index is 1.88. The molecule has 30 heavy (non-hydrogen) atoms. The molecule has 0 spiro atoms. The predicted octanol–water partition coefficient (Wildman–Crippen LogP) is 4.02. The van der Waals surface area contributed by atoms with Gasteiger partial charge in [0.15, 0.2) is 0 Å². The Morgan fingerprint density at radius 3 is 2.57 bits per heavy atom. The van der Waals surface area contributed by atoms with E-state index in [4.69, 9.17) is 4.74 Å². The Bertz CT molecular complexity index is 924. The highest BCUT2D eigenvalue weighted by molar-refractivity contribution is 5.99. The Morgan fingerprint density at radius 2 is 1.90 bits per heavy atom. The fraction of sp³-hybridized carbons (Fsp3) is 0.417. The number of hydrogen-bond donors (Lipinski definition) is 2. The van der Waals surface area contributed by atoms with Crippen molar-refractivity contribution in [3.05, 3.63) is 70.3 Å². The van der Waals surface area contributed by atoms with Crippen molar-refractivity contribution in [3.63, 3.8) is 0 Å². The summed E-state index contributed by atoms with van der Waals surface area (Å²) >= 11 is 0. The molecule has 0 bridgehead atoms. The third-order valence-corrected chi connectivity index (χ3v) is 5.78.